The Balaban J connectivity index is 1.28. The summed E-state index contributed by atoms with van der Waals surface area (Å²) >= 11 is 3.10. The highest BCUT2D eigenvalue weighted by molar-refractivity contribution is 8.00. The van der Waals surface area contributed by atoms with Crippen LogP contribution in [0, 0.1) is 5.82 Å². The first-order valence-corrected chi connectivity index (χ1v) is 12.1. The summed E-state index contributed by atoms with van der Waals surface area (Å²) in [6.07, 6.45) is 0. The number of aromatic nitrogens is 1. The highest BCUT2D eigenvalue weighted by Crippen LogP contribution is 2.36. The van der Waals surface area contributed by atoms with Crippen molar-refractivity contribution in [2.75, 3.05) is 4.90 Å². The van der Waals surface area contributed by atoms with E-state index in [1.165, 1.54) is 22.3 Å². The Bertz CT molecular complexity index is 1560. The van der Waals surface area contributed by atoms with E-state index in [4.69, 9.17) is 0 Å². The van der Waals surface area contributed by atoms with Gasteiger partial charge in [0.25, 0.3) is 11.8 Å². The number of thioether (sulfide) groups is 1. The van der Waals surface area contributed by atoms with E-state index in [9.17, 15) is 14.0 Å². The lowest BCUT2D eigenvalue weighted by Gasteiger charge is -2.13. The van der Waals surface area contributed by atoms with Gasteiger partial charge >= 0.3 is 0 Å². The van der Waals surface area contributed by atoms with E-state index in [-0.39, 0.29) is 17.6 Å². The van der Waals surface area contributed by atoms with Crippen LogP contribution in [0.4, 0.5) is 10.1 Å². The number of halogens is 1. The Hall–Kier alpha value is -3.55. The molecule has 0 unspecified atom stereocenters. The molecule has 0 saturated heterocycles. The number of amides is 2. The van der Waals surface area contributed by atoms with Crippen molar-refractivity contribution in [2.45, 2.75) is 10.1 Å². The van der Waals surface area contributed by atoms with Crippen LogP contribution in [0.3, 0.4) is 0 Å². The van der Waals surface area contributed by atoms with Crippen LogP contribution < -0.4 is 4.90 Å². The number of carbonyl (C=O) groups excluding carboxylic acids is 2. The molecule has 33 heavy (non-hydrogen) atoms. The summed E-state index contributed by atoms with van der Waals surface area (Å²) in [6.45, 7) is 0. The Morgan fingerprint density at radius 3 is 2.30 bits per heavy atom. The number of benzene rings is 4. The maximum atomic E-state index is 14.1. The SMILES string of the molecule is O=C1c2ccccc2C(=O)N1c1ccc2nc(SCc3ccc(F)c4ccccc34)sc2c1. The van der Waals surface area contributed by atoms with Crippen molar-refractivity contribution < 1.29 is 14.0 Å². The number of nitrogens with zero attached hydrogens (tertiary/aromatic N) is 2. The van der Waals surface area contributed by atoms with Crippen molar-refractivity contribution >= 4 is 61.6 Å². The largest absolute Gasteiger partial charge is 0.268 e. The topological polar surface area (TPSA) is 50.3 Å². The molecule has 0 N–H and O–H groups in total. The molecule has 0 bridgehead atoms. The van der Waals surface area contributed by atoms with E-state index >= 15 is 0 Å². The van der Waals surface area contributed by atoms with E-state index < -0.39 is 0 Å². The van der Waals surface area contributed by atoms with Crippen LogP contribution in [0.15, 0.2) is 83.2 Å². The minimum atomic E-state index is -0.308. The van der Waals surface area contributed by atoms with Gasteiger partial charge in [-0.1, -0.05) is 54.2 Å². The molecule has 1 aromatic heterocycles. The summed E-state index contributed by atoms with van der Waals surface area (Å²) in [5.41, 5.74) is 3.25. The summed E-state index contributed by atoms with van der Waals surface area (Å²) in [6, 6.07) is 23.1. The Morgan fingerprint density at radius 1 is 0.848 bits per heavy atom. The molecule has 5 aromatic rings. The van der Waals surface area contributed by atoms with Gasteiger partial charge in [-0.05, 0) is 47.3 Å². The summed E-state index contributed by atoms with van der Waals surface area (Å²) in [5, 5.41) is 1.52. The summed E-state index contributed by atoms with van der Waals surface area (Å²) in [5.74, 6) is -0.180. The average molecular weight is 471 g/mol. The molecule has 0 aliphatic carbocycles. The molecule has 2 heterocycles. The number of imide groups is 1. The lowest BCUT2D eigenvalue weighted by molar-refractivity contribution is 0.0926. The van der Waals surface area contributed by atoms with Crippen LogP contribution in [0.2, 0.25) is 0 Å². The van der Waals surface area contributed by atoms with Crippen LogP contribution in [-0.2, 0) is 5.75 Å². The quantitative estimate of drug-likeness (QED) is 0.217. The highest BCUT2D eigenvalue weighted by Gasteiger charge is 2.36. The predicted octanol–water partition coefficient (Wildman–Crippen LogP) is 6.68. The van der Waals surface area contributed by atoms with Crippen molar-refractivity contribution in [2.24, 2.45) is 0 Å². The van der Waals surface area contributed by atoms with E-state index in [1.807, 2.05) is 36.4 Å². The van der Waals surface area contributed by atoms with E-state index in [1.54, 1.807) is 48.2 Å². The monoisotopic (exact) mass is 470 g/mol. The van der Waals surface area contributed by atoms with Crippen molar-refractivity contribution in [1.29, 1.82) is 0 Å². The third-order valence-electron chi connectivity index (χ3n) is 5.72. The Kier molecular flexibility index (Phi) is 4.74. The molecule has 0 atom stereocenters. The molecule has 7 heteroatoms. The Labute approximate surface area is 196 Å². The van der Waals surface area contributed by atoms with Crippen molar-refractivity contribution in [3.63, 3.8) is 0 Å². The third kappa shape index (κ3) is 3.32. The van der Waals surface area contributed by atoms with Crippen LogP contribution >= 0.6 is 23.1 Å². The number of hydrogen-bond acceptors (Lipinski definition) is 5. The van der Waals surface area contributed by atoms with Gasteiger partial charge in [-0.2, -0.15) is 0 Å². The van der Waals surface area contributed by atoms with E-state index in [2.05, 4.69) is 4.98 Å². The average Bonchev–Trinajstić information content (AvgIpc) is 3.36. The first-order valence-electron chi connectivity index (χ1n) is 10.3. The van der Waals surface area contributed by atoms with Crippen molar-refractivity contribution in [3.8, 4) is 0 Å². The van der Waals surface area contributed by atoms with E-state index in [0.29, 0.717) is 28.0 Å². The van der Waals surface area contributed by atoms with Gasteiger partial charge in [-0.3, -0.25) is 9.59 Å². The van der Waals surface area contributed by atoms with E-state index in [0.717, 1.165) is 25.5 Å². The zero-order valence-electron chi connectivity index (χ0n) is 17.1. The second-order valence-electron chi connectivity index (χ2n) is 7.66. The molecule has 4 aromatic carbocycles. The zero-order valence-corrected chi connectivity index (χ0v) is 18.8. The summed E-state index contributed by atoms with van der Waals surface area (Å²) < 4.78 is 15.9. The molecule has 0 fully saturated rings. The normalized spacial score (nSPS) is 13.3. The Morgan fingerprint density at radius 2 is 1.55 bits per heavy atom. The maximum absolute atomic E-state index is 14.1. The fraction of sp³-hybridized carbons (Fsp3) is 0.0385. The fourth-order valence-corrected chi connectivity index (χ4v) is 6.21. The minimum absolute atomic E-state index is 0.222. The molecule has 160 valence electrons. The zero-order chi connectivity index (χ0) is 22.5. The molecule has 0 spiro atoms. The van der Waals surface area contributed by atoms with Crippen LogP contribution in [0.25, 0.3) is 21.0 Å². The molecule has 1 aliphatic rings. The molecule has 0 saturated carbocycles. The lowest BCUT2D eigenvalue weighted by Crippen LogP contribution is -2.29. The molecule has 4 nitrogen and oxygen atoms in total. The van der Waals surface area contributed by atoms with Gasteiger partial charge in [0.15, 0.2) is 4.34 Å². The van der Waals surface area contributed by atoms with Gasteiger partial charge in [-0.25, -0.2) is 14.3 Å². The van der Waals surface area contributed by atoms with Crippen molar-refractivity contribution in [3.05, 3.63) is 101 Å². The third-order valence-corrected chi connectivity index (χ3v) is 7.93. The molecular weight excluding hydrogens is 455 g/mol. The standard InChI is InChI=1S/C26H15FN2O2S2/c27-21-11-9-15(17-5-1-2-6-18(17)21)14-32-26-28-22-12-10-16(13-23(22)33-26)29-24(30)19-7-3-4-8-20(19)25(29)31/h1-13H,14H2. The smallest absolute Gasteiger partial charge is 0.266 e. The number of hydrogen-bond donors (Lipinski definition) is 0. The molecule has 6 rings (SSSR count). The van der Waals surface area contributed by atoms with Crippen molar-refractivity contribution in [1.82, 2.24) is 4.98 Å². The number of anilines is 1. The van der Waals surface area contributed by atoms with Gasteiger partial charge in [0, 0.05) is 11.1 Å². The summed E-state index contributed by atoms with van der Waals surface area (Å²) in [4.78, 5) is 31.5. The first-order chi connectivity index (χ1) is 16.1. The lowest BCUT2D eigenvalue weighted by atomic mass is 10.1. The van der Waals surface area contributed by atoms with Crippen LogP contribution in [0.1, 0.15) is 26.3 Å². The maximum Gasteiger partial charge on any atom is 0.266 e. The first kappa shape index (κ1) is 20.1. The van der Waals surface area contributed by atoms with Gasteiger partial charge in [0.1, 0.15) is 5.82 Å². The molecule has 0 radical (unpaired) electrons. The van der Waals surface area contributed by atoms with Gasteiger partial charge in [-0.15, -0.1) is 11.3 Å². The number of rotatable bonds is 4. The highest BCUT2D eigenvalue weighted by atomic mass is 32.2. The molecular formula is C26H15FN2O2S2. The number of carbonyl (C=O) groups is 2. The second kappa shape index (κ2) is 7.79. The second-order valence-corrected chi connectivity index (χ2v) is 9.92. The minimum Gasteiger partial charge on any atom is -0.268 e. The van der Waals surface area contributed by atoms with Crippen LogP contribution in [-0.4, -0.2) is 16.8 Å². The fourth-order valence-electron chi connectivity index (χ4n) is 4.11. The number of fused-ring (bicyclic) bond motifs is 3. The van der Waals surface area contributed by atoms with Crippen LogP contribution in [0.5, 0.6) is 0 Å². The van der Waals surface area contributed by atoms with Gasteiger partial charge in [0.2, 0.25) is 0 Å². The number of thiazole rings is 1. The molecule has 2 amide bonds. The summed E-state index contributed by atoms with van der Waals surface area (Å²) in [7, 11) is 0. The molecule has 1 aliphatic heterocycles. The van der Waals surface area contributed by atoms with Gasteiger partial charge in [0.05, 0.1) is 27.0 Å². The van der Waals surface area contributed by atoms with Gasteiger partial charge < -0.3 is 0 Å². The predicted molar refractivity (Wildman–Crippen MR) is 131 cm³/mol.